The van der Waals surface area contributed by atoms with Gasteiger partial charge in [-0.2, -0.15) is 0 Å². The van der Waals surface area contributed by atoms with Crippen molar-refractivity contribution in [1.29, 1.82) is 0 Å². The molecule has 0 spiro atoms. The number of hydrogen-bond donors (Lipinski definition) is 1. The molecule has 0 radical (unpaired) electrons. The monoisotopic (exact) mass is 285 g/mol. The SMILES string of the molecule is Cc1cc(CNCCOC(C)C)ccc1Br. The van der Waals surface area contributed by atoms with Crippen molar-refractivity contribution in [3.8, 4) is 0 Å². The van der Waals surface area contributed by atoms with Gasteiger partial charge in [0.05, 0.1) is 12.7 Å². The van der Waals surface area contributed by atoms with E-state index in [9.17, 15) is 0 Å². The lowest BCUT2D eigenvalue weighted by molar-refractivity contribution is 0.0807. The van der Waals surface area contributed by atoms with Crippen molar-refractivity contribution in [2.45, 2.75) is 33.4 Å². The van der Waals surface area contributed by atoms with Gasteiger partial charge in [0, 0.05) is 17.6 Å². The van der Waals surface area contributed by atoms with E-state index in [2.05, 4.69) is 60.2 Å². The van der Waals surface area contributed by atoms with Gasteiger partial charge in [-0.3, -0.25) is 0 Å². The van der Waals surface area contributed by atoms with Gasteiger partial charge < -0.3 is 10.1 Å². The van der Waals surface area contributed by atoms with Crippen molar-refractivity contribution in [3.05, 3.63) is 33.8 Å². The Labute approximate surface area is 107 Å². The van der Waals surface area contributed by atoms with E-state index in [4.69, 9.17) is 4.74 Å². The Balaban J connectivity index is 2.24. The second-order valence-corrected chi connectivity index (χ2v) is 5.03. The molecule has 0 saturated heterocycles. The fraction of sp³-hybridized carbons (Fsp3) is 0.538. The van der Waals surface area contributed by atoms with Crippen LogP contribution < -0.4 is 5.32 Å². The molecule has 0 aliphatic heterocycles. The van der Waals surface area contributed by atoms with Crippen LogP contribution in [0.2, 0.25) is 0 Å². The minimum Gasteiger partial charge on any atom is -0.377 e. The topological polar surface area (TPSA) is 21.3 Å². The number of ether oxygens (including phenoxy) is 1. The summed E-state index contributed by atoms with van der Waals surface area (Å²) >= 11 is 3.50. The lowest BCUT2D eigenvalue weighted by Gasteiger charge is -2.09. The Morgan fingerprint density at radius 2 is 2.12 bits per heavy atom. The zero-order valence-electron chi connectivity index (χ0n) is 10.2. The molecule has 0 aliphatic carbocycles. The van der Waals surface area contributed by atoms with Crippen LogP contribution in [0.15, 0.2) is 22.7 Å². The summed E-state index contributed by atoms with van der Waals surface area (Å²) < 4.78 is 6.62. The van der Waals surface area contributed by atoms with Crippen LogP contribution in [0.25, 0.3) is 0 Å². The van der Waals surface area contributed by atoms with Crippen molar-refractivity contribution < 1.29 is 4.74 Å². The lowest BCUT2D eigenvalue weighted by Crippen LogP contribution is -2.20. The standard InChI is InChI=1S/C13H20BrNO/c1-10(2)16-7-6-15-9-12-4-5-13(14)11(3)8-12/h4-5,8,10,15H,6-7,9H2,1-3H3. The Bertz CT molecular complexity index is 326. The molecule has 0 atom stereocenters. The molecule has 3 heteroatoms. The first-order valence-corrected chi connectivity index (χ1v) is 6.46. The summed E-state index contributed by atoms with van der Waals surface area (Å²) in [5, 5.41) is 3.36. The maximum atomic E-state index is 5.45. The second-order valence-electron chi connectivity index (χ2n) is 4.18. The summed E-state index contributed by atoms with van der Waals surface area (Å²) in [6.45, 7) is 8.78. The van der Waals surface area contributed by atoms with Crippen LogP contribution in [0.3, 0.4) is 0 Å². The first-order valence-electron chi connectivity index (χ1n) is 5.67. The van der Waals surface area contributed by atoms with Gasteiger partial charge in [-0.05, 0) is 38.0 Å². The summed E-state index contributed by atoms with van der Waals surface area (Å²) in [6, 6.07) is 6.42. The summed E-state index contributed by atoms with van der Waals surface area (Å²) in [5.74, 6) is 0. The van der Waals surface area contributed by atoms with E-state index >= 15 is 0 Å². The molecule has 0 amide bonds. The molecule has 1 aromatic rings. The van der Waals surface area contributed by atoms with Crippen LogP contribution >= 0.6 is 15.9 Å². The zero-order valence-corrected chi connectivity index (χ0v) is 11.8. The van der Waals surface area contributed by atoms with Gasteiger partial charge in [0.15, 0.2) is 0 Å². The third-order valence-corrected chi connectivity index (χ3v) is 3.17. The Hall–Kier alpha value is -0.380. The third-order valence-electron chi connectivity index (χ3n) is 2.28. The molecule has 1 N–H and O–H groups in total. The smallest absolute Gasteiger partial charge is 0.0594 e. The molecule has 2 nitrogen and oxygen atoms in total. The second kappa shape index (κ2) is 7.05. The molecule has 0 aliphatic rings. The van der Waals surface area contributed by atoms with Gasteiger partial charge in [-0.25, -0.2) is 0 Å². The zero-order chi connectivity index (χ0) is 12.0. The minimum atomic E-state index is 0.316. The van der Waals surface area contributed by atoms with E-state index < -0.39 is 0 Å². The van der Waals surface area contributed by atoms with Crippen molar-refractivity contribution in [2.75, 3.05) is 13.2 Å². The minimum absolute atomic E-state index is 0.316. The van der Waals surface area contributed by atoms with Gasteiger partial charge in [-0.1, -0.05) is 28.1 Å². The maximum Gasteiger partial charge on any atom is 0.0594 e. The number of nitrogens with one attached hydrogen (secondary N) is 1. The molecule has 16 heavy (non-hydrogen) atoms. The molecule has 0 bridgehead atoms. The van der Waals surface area contributed by atoms with Crippen LogP contribution in [0.1, 0.15) is 25.0 Å². The fourth-order valence-electron chi connectivity index (χ4n) is 1.42. The highest BCUT2D eigenvalue weighted by Gasteiger charge is 1.97. The largest absolute Gasteiger partial charge is 0.377 e. The van der Waals surface area contributed by atoms with E-state index in [1.807, 2.05) is 0 Å². The molecule has 90 valence electrons. The molecule has 0 saturated carbocycles. The molecule has 1 aromatic carbocycles. The summed E-state index contributed by atoms with van der Waals surface area (Å²) in [6.07, 6.45) is 0.316. The quantitative estimate of drug-likeness (QED) is 0.810. The normalized spacial score (nSPS) is 11.1. The Morgan fingerprint density at radius 3 is 2.75 bits per heavy atom. The summed E-state index contributed by atoms with van der Waals surface area (Å²) in [4.78, 5) is 0. The van der Waals surface area contributed by atoms with Crippen LogP contribution in [-0.2, 0) is 11.3 Å². The molecule has 0 aromatic heterocycles. The average Bonchev–Trinajstić information content (AvgIpc) is 2.22. The van der Waals surface area contributed by atoms with Crippen molar-refractivity contribution >= 4 is 15.9 Å². The highest BCUT2D eigenvalue weighted by molar-refractivity contribution is 9.10. The molecular formula is C13H20BrNO. The first-order chi connectivity index (χ1) is 7.59. The van der Waals surface area contributed by atoms with Crippen LogP contribution in [-0.4, -0.2) is 19.3 Å². The third kappa shape index (κ3) is 5.10. The maximum absolute atomic E-state index is 5.45. The predicted molar refractivity (Wildman–Crippen MR) is 71.7 cm³/mol. The fourth-order valence-corrected chi connectivity index (χ4v) is 1.66. The Morgan fingerprint density at radius 1 is 1.38 bits per heavy atom. The highest BCUT2D eigenvalue weighted by Crippen LogP contribution is 2.16. The number of rotatable bonds is 6. The molecule has 0 heterocycles. The highest BCUT2D eigenvalue weighted by atomic mass is 79.9. The van der Waals surface area contributed by atoms with E-state index in [1.54, 1.807) is 0 Å². The van der Waals surface area contributed by atoms with Crippen LogP contribution in [0.5, 0.6) is 0 Å². The van der Waals surface area contributed by atoms with Crippen molar-refractivity contribution in [2.24, 2.45) is 0 Å². The van der Waals surface area contributed by atoms with Crippen LogP contribution in [0, 0.1) is 6.92 Å². The van der Waals surface area contributed by atoms with Gasteiger partial charge in [-0.15, -0.1) is 0 Å². The lowest BCUT2D eigenvalue weighted by atomic mass is 10.1. The molecule has 0 fully saturated rings. The van der Waals surface area contributed by atoms with Gasteiger partial charge >= 0.3 is 0 Å². The van der Waals surface area contributed by atoms with Crippen molar-refractivity contribution in [1.82, 2.24) is 5.32 Å². The first kappa shape index (κ1) is 13.7. The van der Waals surface area contributed by atoms with E-state index in [-0.39, 0.29) is 0 Å². The summed E-state index contributed by atoms with van der Waals surface area (Å²) in [5.41, 5.74) is 2.59. The number of halogens is 1. The number of hydrogen-bond acceptors (Lipinski definition) is 2. The average molecular weight is 286 g/mol. The van der Waals surface area contributed by atoms with E-state index in [1.165, 1.54) is 15.6 Å². The van der Waals surface area contributed by atoms with E-state index in [0.29, 0.717) is 6.10 Å². The van der Waals surface area contributed by atoms with Gasteiger partial charge in [0.25, 0.3) is 0 Å². The van der Waals surface area contributed by atoms with E-state index in [0.717, 1.165) is 19.7 Å². The number of benzene rings is 1. The number of aryl methyl sites for hydroxylation is 1. The molecule has 1 rings (SSSR count). The Kier molecular flexibility index (Phi) is 6.03. The predicted octanol–water partition coefficient (Wildman–Crippen LogP) is 3.27. The summed E-state index contributed by atoms with van der Waals surface area (Å²) in [7, 11) is 0. The molecule has 0 unspecified atom stereocenters. The van der Waals surface area contributed by atoms with Gasteiger partial charge in [0.1, 0.15) is 0 Å². The van der Waals surface area contributed by atoms with Gasteiger partial charge in [0.2, 0.25) is 0 Å². The van der Waals surface area contributed by atoms with Crippen molar-refractivity contribution in [3.63, 3.8) is 0 Å². The molecular weight excluding hydrogens is 266 g/mol. The van der Waals surface area contributed by atoms with Crippen LogP contribution in [0.4, 0.5) is 0 Å².